The van der Waals surface area contributed by atoms with E-state index in [1.165, 1.54) is 11.3 Å². The number of halogens is 3. The van der Waals surface area contributed by atoms with Gasteiger partial charge in [0.2, 0.25) is 0 Å². The zero-order chi connectivity index (χ0) is 18.2. The Morgan fingerprint density at radius 3 is 2.88 bits per heavy atom. The fourth-order valence-electron chi connectivity index (χ4n) is 3.03. The Kier molecular flexibility index (Phi) is 4.86. The third kappa shape index (κ3) is 3.86. The second-order valence-electron chi connectivity index (χ2n) is 6.25. The van der Waals surface area contributed by atoms with E-state index >= 15 is 0 Å². The Balaban J connectivity index is 1.64. The molecule has 0 aromatic carbocycles. The van der Waals surface area contributed by atoms with Gasteiger partial charge in [-0.25, -0.2) is 9.97 Å². The number of carbonyl (C=O) groups is 1. The maximum absolute atomic E-state index is 12.8. The SMILES string of the molecule is CCc1ncc(C(=O)N(C)C[C@@H]2CCc3nc(C(F)(F)F)cn3C2)s1. The Morgan fingerprint density at radius 2 is 2.24 bits per heavy atom. The van der Waals surface area contributed by atoms with Crippen LogP contribution in [0.3, 0.4) is 0 Å². The van der Waals surface area contributed by atoms with Gasteiger partial charge in [0, 0.05) is 32.8 Å². The third-order valence-corrected chi connectivity index (χ3v) is 5.46. The number of imidazole rings is 1. The third-order valence-electron chi connectivity index (χ3n) is 4.33. The molecule has 0 aliphatic carbocycles. The summed E-state index contributed by atoms with van der Waals surface area (Å²) in [6.45, 7) is 2.92. The number of fused-ring (bicyclic) bond motifs is 1. The summed E-state index contributed by atoms with van der Waals surface area (Å²) < 4.78 is 39.9. The first-order valence-electron chi connectivity index (χ1n) is 8.11. The van der Waals surface area contributed by atoms with Crippen molar-refractivity contribution in [2.75, 3.05) is 13.6 Å². The maximum atomic E-state index is 12.8. The molecule has 1 aliphatic rings. The van der Waals surface area contributed by atoms with Crippen LogP contribution in [0.1, 0.15) is 39.5 Å². The summed E-state index contributed by atoms with van der Waals surface area (Å²) >= 11 is 1.38. The van der Waals surface area contributed by atoms with Crippen molar-refractivity contribution in [3.63, 3.8) is 0 Å². The van der Waals surface area contributed by atoms with Gasteiger partial charge in [0.05, 0.1) is 11.2 Å². The number of rotatable bonds is 4. The van der Waals surface area contributed by atoms with Gasteiger partial charge in [-0.05, 0) is 18.8 Å². The topological polar surface area (TPSA) is 51.0 Å². The van der Waals surface area contributed by atoms with Gasteiger partial charge in [-0.2, -0.15) is 13.2 Å². The van der Waals surface area contributed by atoms with Gasteiger partial charge in [0.15, 0.2) is 5.69 Å². The van der Waals surface area contributed by atoms with E-state index in [0.717, 1.165) is 24.0 Å². The van der Waals surface area contributed by atoms with Crippen molar-refractivity contribution in [2.45, 2.75) is 38.9 Å². The van der Waals surface area contributed by atoms with E-state index < -0.39 is 11.9 Å². The molecule has 0 saturated heterocycles. The lowest BCUT2D eigenvalue weighted by molar-refractivity contribution is -0.141. The summed E-state index contributed by atoms with van der Waals surface area (Å²) in [6.07, 6.45) is 0.232. The Bertz CT molecular complexity index is 768. The molecule has 0 radical (unpaired) electrons. The molecule has 0 bridgehead atoms. The molecule has 0 saturated carbocycles. The normalized spacial score (nSPS) is 17.4. The van der Waals surface area contributed by atoms with Crippen LogP contribution in [0, 0.1) is 5.92 Å². The van der Waals surface area contributed by atoms with Gasteiger partial charge >= 0.3 is 6.18 Å². The standard InChI is InChI=1S/C16H19F3N4OS/c1-3-14-20-6-11(25-14)15(24)22(2)7-10-4-5-13-21-12(16(17,18)19)9-23(13)8-10/h6,9-10H,3-5,7-8H2,1-2H3/t10-/m0/s1. The molecule has 1 atom stereocenters. The van der Waals surface area contributed by atoms with Crippen molar-refractivity contribution < 1.29 is 18.0 Å². The maximum Gasteiger partial charge on any atom is 0.434 e. The second-order valence-corrected chi connectivity index (χ2v) is 7.37. The van der Waals surface area contributed by atoms with Crippen LogP contribution in [0.2, 0.25) is 0 Å². The molecular weight excluding hydrogens is 353 g/mol. The van der Waals surface area contributed by atoms with Crippen molar-refractivity contribution in [3.8, 4) is 0 Å². The lowest BCUT2D eigenvalue weighted by Crippen LogP contribution is -2.35. The molecule has 1 amide bonds. The number of aryl methyl sites for hydroxylation is 2. The highest BCUT2D eigenvalue weighted by molar-refractivity contribution is 7.13. The summed E-state index contributed by atoms with van der Waals surface area (Å²) in [5.74, 6) is 0.479. The molecule has 1 aliphatic heterocycles. The highest BCUT2D eigenvalue weighted by Crippen LogP contribution is 2.31. The van der Waals surface area contributed by atoms with Crippen molar-refractivity contribution in [1.82, 2.24) is 19.4 Å². The number of nitrogens with zero attached hydrogens (tertiary/aromatic N) is 4. The number of hydrogen-bond donors (Lipinski definition) is 0. The zero-order valence-electron chi connectivity index (χ0n) is 14.0. The lowest BCUT2D eigenvalue weighted by Gasteiger charge is -2.27. The first-order valence-corrected chi connectivity index (χ1v) is 8.93. The fourth-order valence-corrected chi connectivity index (χ4v) is 3.88. The van der Waals surface area contributed by atoms with E-state index in [-0.39, 0.29) is 11.8 Å². The molecule has 25 heavy (non-hydrogen) atoms. The van der Waals surface area contributed by atoms with E-state index in [9.17, 15) is 18.0 Å². The zero-order valence-corrected chi connectivity index (χ0v) is 14.8. The van der Waals surface area contributed by atoms with Crippen LogP contribution >= 0.6 is 11.3 Å². The van der Waals surface area contributed by atoms with Gasteiger partial charge in [-0.15, -0.1) is 11.3 Å². The highest BCUT2D eigenvalue weighted by atomic mass is 32.1. The van der Waals surface area contributed by atoms with Crippen LogP contribution < -0.4 is 0 Å². The highest BCUT2D eigenvalue weighted by Gasteiger charge is 2.36. The van der Waals surface area contributed by atoms with E-state index in [1.807, 2.05) is 6.92 Å². The van der Waals surface area contributed by atoms with E-state index in [0.29, 0.717) is 30.2 Å². The van der Waals surface area contributed by atoms with Crippen molar-refractivity contribution in [3.05, 3.63) is 33.8 Å². The van der Waals surface area contributed by atoms with E-state index in [4.69, 9.17) is 0 Å². The minimum Gasteiger partial charge on any atom is -0.341 e. The molecule has 3 heterocycles. The van der Waals surface area contributed by atoms with Crippen LogP contribution in [0.25, 0.3) is 0 Å². The van der Waals surface area contributed by atoms with Crippen LogP contribution in [0.4, 0.5) is 13.2 Å². The van der Waals surface area contributed by atoms with Crippen LogP contribution in [-0.2, 0) is 25.6 Å². The molecule has 2 aromatic heterocycles. The Morgan fingerprint density at radius 1 is 1.48 bits per heavy atom. The quantitative estimate of drug-likeness (QED) is 0.828. The molecule has 136 valence electrons. The van der Waals surface area contributed by atoms with Crippen molar-refractivity contribution in [1.29, 1.82) is 0 Å². The van der Waals surface area contributed by atoms with Crippen LogP contribution in [0.15, 0.2) is 12.4 Å². The monoisotopic (exact) mass is 372 g/mol. The fraction of sp³-hybridized carbons (Fsp3) is 0.562. The first kappa shape index (κ1) is 17.9. The molecule has 5 nitrogen and oxygen atoms in total. The van der Waals surface area contributed by atoms with Gasteiger partial charge < -0.3 is 9.47 Å². The summed E-state index contributed by atoms with van der Waals surface area (Å²) in [6, 6.07) is 0. The summed E-state index contributed by atoms with van der Waals surface area (Å²) in [4.78, 5) is 22.6. The Hall–Kier alpha value is -1.90. The predicted octanol–water partition coefficient (Wildman–Crippen LogP) is 3.26. The van der Waals surface area contributed by atoms with Crippen LogP contribution in [-0.4, -0.2) is 38.9 Å². The molecule has 0 unspecified atom stereocenters. The largest absolute Gasteiger partial charge is 0.434 e. The number of hydrogen-bond acceptors (Lipinski definition) is 4. The van der Waals surface area contributed by atoms with E-state index in [1.54, 1.807) is 22.7 Å². The van der Waals surface area contributed by atoms with E-state index in [2.05, 4.69) is 9.97 Å². The molecule has 3 rings (SSSR count). The van der Waals surface area contributed by atoms with Gasteiger partial charge in [-0.3, -0.25) is 4.79 Å². The molecule has 0 spiro atoms. The number of alkyl halides is 3. The molecule has 0 N–H and O–H groups in total. The molecule has 9 heteroatoms. The molecule has 0 fully saturated rings. The van der Waals surface area contributed by atoms with Gasteiger partial charge in [0.1, 0.15) is 10.7 Å². The summed E-state index contributed by atoms with van der Waals surface area (Å²) in [5.41, 5.74) is -0.843. The average molecular weight is 372 g/mol. The molecular formula is C16H19F3N4OS. The minimum atomic E-state index is -4.42. The lowest BCUT2D eigenvalue weighted by atomic mass is 9.99. The summed E-state index contributed by atoms with van der Waals surface area (Å²) in [7, 11) is 1.72. The second kappa shape index (κ2) is 6.78. The van der Waals surface area contributed by atoms with Crippen LogP contribution in [0.5, 0.6) is 0 Å². The first-order chi connectivity index (χ1) is 11.8. The van der Waals surface area contributed by atoms with Gasteiger partial charge in [0.25, 0.3) is 5.91 Å². The average Bonchev–Trinajstić information content (AvgIpc) is 3.19. The van der Waals surface area contributed by atoms with Gasteiger partial charge in [-0.1, -0.05) is 6.92 Å². The minimum absolute atomic E-state index is 0.0930. The number of amides is 1. The predicted molar refractivity (Wildman–Crippen MR) is 87.5 cm³/mol. The number of aromatic nitrogens is 3. The molecule has 2 aromatic rings. The Labute approximate surface area is 147 Å². The number of carbonyl (C=O) groups excluding carboxylic acids is 1. The number of thiazole rings is 1. The summed E-state index contributed by atoms with van der Waals surface area (Å²) in [5, 5.41) is 0.914. The smallest absolute Gasteiger partial charge is 0.341 e. The van der Waals surface area contributed by atoms with Crippen molar-refractivity contribution in [2.24, 2.45) is 5.92 Å². The van der Waals surface area contributed by atoms with Crippen molar-refractivity contribution >= 4 is 17.2 Å².